The van der Waals surface area contributed by atoms with E-state index in [0.29, 0.717) is 0 Å². The van der Waals surface area contributed by atoms with E-state index in [1.54, 1.807) is 0 Å². The van der Waals surface area contributed by atoms with Gasteiger partial charge in [-0.1, -0.05) is 0 Å². The first kappa shape index (κ1) is 24.8. The number of sulfonamides is 3. The molecule has 1 aliphatic rings. The normalized spacial score (nSPS) is 20.8. The molecule has 2 unspecified atom stereocenters. The molecule has 0 radical (unpaired) electrons. The van der Waals surface area contributed by atoms with Crippen molar-refractivity contribution in [2.24, 2.45) is 0 Å². The van der Waals surface area contributed by atoms with E-state index in [1.807, 2.05) is 0 Å². The van der Waals surface area contributed by atoms with Crippen molar-refractivity contribution in [3.05, 3.63) is 5.21 Å². The van der Waals surface area contributed by atoms with Crippen LogP contribution in [0.3, 0.4) is 0 Å². The molecule has 3 N–H and O–H groups in total. The number of nitrogens with one attached hydrogen (secondary N) is 3. The van der Waals surface area contributed by atoms with Crippen molar-refractivity contribution < 1.29 is 60.6 Å². The first-order chi connectivity index (χ1) is 12.4. The Bertz CT molecular complexity index is 915. The Labute approximate surface area is 154 Å². The lowest BCUT2D eigenvalue weighted by Crippen LogP contribution is -3.14. The molecule has 20 heteroatoms. The van der Waals surface area contributed by atoms with E-state index in [2.05, 4.69) is 10.1 Å². The van der Waals surface area contributed by atoms with E-state index < -0.39 is 69.1 Å². The summed E-state index contributed by atoms with van der Waals surface area (Å²) >= 11 is 0. The topological polar surface area (TPSA) is 180 Å². The van der Waals surface area contributed by atoms with Crippen LogP contribution in [0.15, 0.2) is 0 Å². The summed E-state index contributed by atoms with van der Waals surface area (Å²) in [6.45, 7) is -1.48. The summed E-state index contributed by atoms with van der Waals surface area (Å²) in [5.41, 5.74) is -6.55. The van der Waals surface area contributed by atoms with E-state index in [9.17, 15) is 57.2 Å². The highest BCUT2D eigenvalue weighted by molar-refractivity contribution is 8.08. The highest BCUT2D eigenvalue weighted by atomic mass is 32.3. The summed E-state index contributed by atoms with van der Waals surface area (Å²) in [6.07, 6.45) is 0.167. The number of alkyl halides is 5. The molecule has 1 heterocycles. The van der Waals surface area contributed by atoms with Gasteiger partial charge in [0.05, 0.1) is 6.61 Å². The lowest BCUT2D eigenvalue weighted by Gasteiger charge is -2.25. The third-order valence-electron chi connectivity index (χ3n) is 3.11. The van der Waals surface area contributed by atoms with Crippen molar-refractivity contribution >= 4 is 36.0 Å². The fourth-order valence-corrected chi connectivity index (χ4v) is 6.07. The van der Waals surface area contributed by atoms with Gasteiger partial charge in [0.2, 0.25) is 0 Å². The number of esters is 1. The van der Waals surface area contributed by atoms with E-state index in [0.717, 1.165) is 4.72 Å². The SMILES string of the molecule is O=C1OCCC1NCCNS(=O)(=O)C(F)(F)S(=O)(=O)[NH+]([O-])S(=O)(=O)C(F)(F)F. The maximum Gasteiger partial charge on any atom is 0.550 e. The van der Waals surface area contributed by atoms with Crippen LogP contribution in [0, 0.1) is 5.21 Å². The van der Waals surface area contributed by atoms with Gasteiger partial charge in [-0.05, 0) is 0 Å². The molecule has 1 fully saturated rings. The molecule has 1 saturated heterocycles. The second-order valence-corrected chi connectivity index (χ2v) is 11.1. The molecule has 0 aromatic rings. The van der Waals surface area contributed by atoms with Crippen LogP contribution >= 0.6 is 0 Å². The summed E-state index contributed by atoms with van der Waals surface area (Å²) in [4.78, 5) is 11.1. The van der Waals surface area contributed by atoms with Crippen molar-refractivity contribution in [1.82, 2.24) is 10.0 Å². The minimum absolute atomic E-state index is 0.0360. The largest absolute Gasteiger partial charge is 0.602 e. The van der Waals surface area contributed by atoms with E-state index in [1.165, 1.54) is 0 Å². The average Bonchev–Trinajstić information content (AvgIpc) is 2.94. The first-order valence-corrected chi connectivity index (χ1v) is 11.2. The molecule has 0 bridgehead atoms. The lowest BCUT2D eigenvalue weighted by molar-refractivity contribution is -0.558. The third-order valence-corrected chi connectivity index (χ3v) is 9.07. The van der Waals surface area contributed by atoms with Crippen LogP contribution in [-0.2, 0) is 39.6 Å². The number of carbonyl (C=O) groups excluding carboxylic acids is 1. The number of cyclic esters (lactones) is 1. The summed E-state index contributed by atoms with van der Waals surface area (Å²) in [7, 11) is -21.0. The summed E-state index contributed by atoms with van der Waals surface area (Å²) in [5, 5.41) is 13.4. The molecule has 0 amide bonds. The zero-order valence-corrected chi connectivity index (χ0v) is 15.6. The van der Waals surface area contributed by atoms with Crippen LogP contribution in [0.2, 0.25) is 0 Å². The van der Waals surface area contributed by atoms with Gasteiger partial charge >= 0.3 is 36.1 Å². The fraction of sp³-hybridized carbons (Fsp3) is 0.875. The number of hydrogen-bond donors (Lipinski definition) is 3. The quantitative estimate of drug-likeness (QED) is 0.131. The van der Waals surface area contributed by atoms with Crippen LogP contribution in [0.25, 0.3) is 0 Å². The van der Waals surface area contributed by atoms with E-state index in [4.69, 9.17) is 0 Å². The van der Waals surface area contributed by atoms with Gasteiger partial charge in [0.1, 0.15) is 6.04 Å². The van der Waals surface area contributed by atoms with Crippen LogP contribution in [-0.4, -0.2) is 67.1 Å². The third kappa shape index (κ3) is 4.52. The second kappa shape index (κ2) is 7.91. The van der Waals surface area contributed by atoms with Crippen LogP contribution in [0.5, 0.6) is 0 Å². The number of hydrogen-bond acceptors (Lipinski definition) is 10. The Morgan fingerprint density at radius 3 is 2.00 bits per heavy atom. The van der Waals surface area contributed by atoms with Gasteiger partial charge in [0.15, 0.2) is 0 Å². The summed E-state index contributed by atoms with van der Waals surface area (Å²) in [5.74, 6) is -0.723. The zero-order valence-electron chi connectivity index (χ0n) is 13.2. The molecule has 0 aromatic heterocycles. The maximum absolute atomic E-state index is 13.8. The Balaban J connectivity index is 2.93. The monoisotopic (exact) mass is 485 g/mol. The van der Waals surface area contributed by atoms with E-state index in [-0.39, 0.29) is 13.0 Å². The second-order valence-electron chi connectivity index (χ2n) is 5.03. The van der Waals surface area contributed by atoms with Crippen LogP contribution in [0.1, 0.15) is 6.42 Å². The summed E-state index contributed by atoms with van der Waals surface area (Å²) < 4.78 is 126. The molecule has 166 valence electrons. The van der Waals surface area contributed by atoms with Crippen LogP contribution in [0.4, 0.5) is 22.0 Å². The smallest absolute Gasteiger partial charge is 0.550 e. The Morgan fingerprint density at radius 2 is 1.57 bits per heavy atom. The lowest BCUT2D eigenvalue weighted by atomic mass is 10.2. The van der Waals surface area contributed by atoms with Crippen molar-refractivity contribution in [2.45, 2.75) is 22.6 Å². The number of carbonyl (C=O) groups is 1. The zero-order chi connectivity index (χ0) is 22.2. The minimum Gasteiger partial charge on any atom is -0.602 e. The molecule has 0 aromatic carbocycles. The Hall–Kier alpha value is -1.19. The van der Waals surface area contributed by atoms with Crippen molar-refractivity contribution in [2.75, 3.05) is 19.7 Å². The molecule has 0 aliphatic carbocycles. The summed E-state index contributed by atoms with van der Waals surface area (Å²) in [6, 6.07) is -0.896. The molecule has 0 spiro atoms. The molecule has 2 atom stereocenters. The molecule has 0 saturated carbocycles. The van der Waals surface area contributed by atoms with Crippen LogP contribution < -0.4 is 13.9 Å². The van der Waals surface area contributed by atoms with Crippen molar-refractivity contribution in [1.29, 1.82) is 0 Å². The molecular formula is C8H12F5N3O9S3. The van der Waals surface area contributed by atoms with Gasteiger partial charge in [-0.3, -0.25) is 4.79 Å². The number of quaternary nitrogens is 1. The first-order valence-electron chi connectivity index (χ1n) is 6.76. The van der Waals surface area contributed by atoms with Gasteiger partial charge in [0.25, 0.3) is 10.0 Å². The van der Waals surface area contributed by atoms with Gasteiger partial charge in [-0.2, -0.15) is 38.8 Å². The van der Waals surface area contributed by atoms with E-state index >= 15 is 0 Å². The number of rotatable bonds is 9. The van der Waals surface area contributed by atoms with Crippen molar-refractivity contribution in [3.8, 4) is 0 Å². The van der Waals surface area contributed by atoms with Crippen molar-refractivity contribution in [3.63, 3.8) is 0 Å². The predicted octanol–water partition coefficient (Wildman–Crippen LogP) is -3.08. The molecular weight excluding hydrogens is 473 g/mol. The fourth-order valence-electron chi connectivity index (χ4n) is 1.68. The molecule has 12 nitrogen and oxygen atoms in total. The molecule has 28 heavy (non-hydrogen) atoms. The molecule has 1 aliphatic heterocycles. The Morgan fingerprint density at radius 1 is 1.04 bits per heavy atom. The Kier molecular flexibility index (Phi) is 7.02. The van der Waals surface area contributed by atoms with Gasteiger partial charge < -0.3 is 15.3 Å². The van der Waals surface area contributed by atoms with Gasteiger partial charge in [-0.25, -0.2) is 13.1 Å². The highest BCUT2D eigenvalue weighted by Crippen LogP contribution is 2.27. The molecule has 1 rings (SSSR count). The average molecular weight is 485 g/mol. The predicted molar refractivity (Wildman–Crippen MR) is 77.5 cm³/mol. The number of ether oxygens (including phenoxy) is 1. The van der Waals surface area contributed by atoms with Gasteiger partial charge in [0, 0.05) is 19.5 Å². The standard InChI is InChI=1S/C8H12F5N3O9S3/c9-7(10,11)27(21,22)16(18)28(23,24)8(12,13)26(19,20)15-3-2-14-5-1-4-25-6(5)17/h5,14-16H,1-4H2. The highest BCUT2D eigenvalue weighted by Gasteiger charge is 2.67. The van der Waals surface area contributed by atoms with Gasteiger partial charge in [-0.15, -0.1) is 3.87 Å². The number of halogens is 5. The maximum atomic E-state index is 13.8. The minimum atomic E-state index is -7.32.